The third-order valence-corrected chi connectivity index (χ3v) is 10.5. The summed E-state index contributed by atoms with van der Waals surface area (Å²) >= 11 is 2.98. The number of aryl methyl sites for hydroxylation is 1. The van der Waals surface area contributed by atoms with Crippen molar-refractivity contribution in [2.75, 3.05) is 16.4 Å². The summed E-state index contributed by atoms with van der Waals surface area (Å²) in [7, 11) is 0. The van der Waals surface area contributed by atoms with Gasteiger partial charge in [-0.1, -0.05) is 87.6 Å². The molecule has 0 bridgehead atoms. The van der Waals surface area contributed by atoms with Crippen LogP contribution < -0.4 is 15.0 Å². The van der Waals surface area contributed by atoms with E-state index in [9.17, 15) is 23.1 Å². The number of rotatable bonds is 11. The van der Waals surface area contributed by atoms with Crippen LogP contribution in [0.2, 0.25) is 0 Å². The number of thioether (sulfide) groups is 2. The van der Waals surface area contributed by atoms with Gasteiger partial charge < -0.3 is 15.2 Å². The first-order valence-corrected chi connectivity index (χ1v) is 19.1. The molecule has 0 saturated carbocycles. The van der Waals surface area contributed by atoms with Crippen molar-refractivity contribution >= 4 is 45.5 Å². The summed E-state index contributed by atoms with van der Waals surface area (Å²) in [6.07, 6.45) is -3.53. The van der Waals surface area contributed by atoms with Crippen LogP contribution in [0, 0.1) is 12.8 Å². The Hall–Kier alpha value is -4.34. The van der Waals surface area contributed by atoms with Crippen LogP contribution in [0.5, 0.6) is 5.75 Å². The Morgan fingerprint density at radius 3 is 2.42 bits per heavy atom. The zero-order valence-electron chi connectivity index (χ0n) is 30.7. The van der Waals surface area contributed by atoms with Gasteiger partial charge in [-0.15, -0.1) is 18.3 Å². The van der Waals surface area contributed by atoms with Gasteiger partial charge >= 0.3 is 6.36 Å². The molecule has 1 aromatic heterocycles. The maximum absolute atomic E-state index is 12.5. The minimum absolute atomic E-state index is 0.223. The molecule has 1 amide bonds. The molecule has 1 saturated heterocycles. The summed E-state index contributed by atoms with van der Waals surface area (Å²) in [4.78, 5) is 28.7. The molecule has 0 radical (unpaired) electrons. The van der Waals surface area contributed by atoms with Crippen molar-refractivity contribution in [3.8, 4) is 22.8 Å². The molecule has 5 rings (SSSR count). The molecule has 282 valence electrons. The second-order valence-corrected chi connectivity index (χ2v) is 15.7. The van der Waals surface area contributed by atoms with Gasteiger partial charge in [-0.3, -0.25) is 9.69 Å². The fourth-order valence-electron chi connectivity index (χ4n) is 5.57. The number of nitrogens with one attached hydrogen (secondary N) is 1. The van der Waals surface area contributed by atoms with Gasteiger partial charge in [0.15, 0.2) is 21.9 Å². The van der Waals surface area contributed by atoms with Gasteiger partial charge in [0.1, 0.15) is 18.2 Å². The van der Waals surface area contributed by atoms with Crippen molar-refractivity contribution in [3.05, 3.63) is 89.7 Å². The number of hydrogen-bond donors (Lipinski definition) is 2. The molecule has 4 aromatic rings. The molecule has 1 aliphatic heterocycles. The molecule has 1 fully saturated rings. The first kappa shape index (κ1) is 39.9. The number of alkyl halides is 3. The summed E-state index contributed by atoms with van der Waals surface area (Å²) in [5.41, 5.74) is 4.07. The SMILES string of the molecule is CC(=O)NC(Cc1ccc(-c2ncn(-c3ccc(OC(F)(F)F)cc3)n2)cc1)/N=C(/N=C1\SCC(C)(O)N1c1cc(C)ccc1C(C)C)SCC(C)C. The number of amides is 1. The highest BCUT2D eigenvalue weighted by Crippen LogP contribution is 2.40. The number of carbonyl (C=O) groups excluding carboxylic acids is 1. The van der Waals surface area contributed by atoms with Crippen LogP contribution in [0.1, 0.15) is 64.2 Å². The van der Waals surface area contributed by atoms with Crippen LogP contribution in [-0.2, 0) is 11.2 Å². The van der Waals surface area contributed by atoms with Gasteiger partial charge in [-0.2, -0.15) is 4.99 Å². The summed E-state index contributed by atoms with van der Waals surface area (Å²) in [5.74, 6) is 1.63. The number of anilines is 1. The number of hydrogen-bond acceptors (Lipinski definition) is 8. The molecule has 2 heterocycles. The standard InChI is InChI=1S/C38H44F3N7O3S2/c1-23(2)20-52-35(45-36-48(37(7,50)21-53-36)32-18-25(5)8-17-31(32)24(3)4)44-33(43-26(6)49)19-27-9-11-28(12-10-27)34-42-22-47(46-34)29-13-15-30(16-14-29)51-38(39,40)41/h8-18,22-24,33,50H,19-21H2,1-7H3,(H,43,49)/b44-35-,45-36-. The number of benzene rings is 3. The van der Waals surface area contributed by atoms with Gasteiger partial charge in [0.05, 0.1) is 5.69 Å². The van der Waals surface area contributed by atoms with Crippen molar-refractivity contribution in [2.45, 2.75) is 79.1 Å². The zero-order valence-corrected chi connectivity index (χ0v) is 32.3. The monoisotopic (exact) mass is 767 g/mol. The molecule has 15 heteroatoms. The van der Waals surface area contributed by atoms with Crippen molar-refractivity contribution in [2.24, 2.45) is 15.9 Å². The zero-order chi connectivity index (χ0) is 38.5. The number of aliphatic hydroxyl groups is 1. The molecule has 53 heavy (non-hydrogen) atoms. The van der Waals surface area contributed by atoms with Gasteiger partial charge in [-0.05, 0) is 72.7 Å². The van der Waals surface area contributed by atoms with Gasteiger partial charge in [0, 0.05) is 36.1 Å². The number of nitrogens with zero attached hydrogens (tertiary/aromatic N) is 6. The van der Waals surface area contributed by atoms with Crippen LogP contribution in [0.3, 0.4) is 0 Å². The van der Waals surface area contributed by atoms with Gasteiger partial charge in [0.25, 0.3) is 0 Å². The third kappa shape index (κ3) is 10.9. The number of ether oxygens (including phenoxy) is 1. The third-order valence-electron chi connectivity index (χ3n) is 8.04. The molecule has 3 aromatic carbocycles. The Morgan fingerprint density at radius 2 is 1.79 bits per heavy atom. The lowest BCUT2D eigenvalue weighted by molar-refractivity contribution is -0.274. The Labute approximate surface area is 316 Å². The topological polar surface area (TPSA) is 117 Å². The Bertz CT molecular complexity index is 1940. The van der Waals surface area contributed by atoms with Crippen LogP contribution in [0.4, 0.5) is 18.9 Å². The summed E-state index contributed by atoms with van der Waals surface area (Å²) in [6, 6.07) is 19.2. The van der Waals surface area contributed by atoms with E-state index in [1.165, 1.54) is 65.7 Å². The van der Waals surface area contributed by atoms with Crippen LogP contribution in [0.15, 0.2) is 83.0 Å². The van der Waals surface area contributed by atoms with Crippen molar-refractivity contribution in [1.82, 2.24) is 20.1 Å². The Kier molecular flexibility index (Phi) is 12.6. The normalized spacial score (nSPS) is 17.9. The second-order valence-electron chi connectivity index (χ2n) is 13.7. The number of aliphatic imine (C=N–C) groups is 2. The summed E-state index contributed by atoms with van der Waals surface area (Å²) < 4.78 is 43.0. The molecular weight excluding hydrogens is 724 g/mol. The fourth-order valence-corrected chi connectivity index (χ4v) is 7.57. The molecule has 10 nitrogen and oxygen atoms in total. The van der Waals surface area contributed by atoms with Gasteiger partial charge in [0.2, 0.25) is 5.91 Å². The average Bonchev–Trinajstić information content (AvgIpc) is 3.67. The van der Waals surface area contributed by atoms with E-state index in [1.807, 2.05) is 36.1 Å². The highest BCUT2D eigenvalue weighted by molar-refractivity contribution is 8.15. The maximum atomic E-state index is 12.5. The molecule has 0 spiro atoms. The maximum Gasteiger partial charge on any atom is 0.573 e. The fraction of sp³-hybridized carbons (Fsp3) is 0.395. The minimum Gasteiger partial charge on any atom is -0.406 e. The lowest BCUT2D eigenvalue weighted by atomic mass is 9.98. The highest BCUT2D eigenvalue weighted by atomic mass is 32.2. The first-order chi connectivity index (χ1) is 25.0. The lowest BCUT2D eigenvalue weighted by Crippen LogP contribution is -2.46. The van der Waals surface area contributed by atoms with E-state index in [1.54, 1.807) is 6.92 Å². The predicted octanol–water partition coefficient (Wildman–Crippen LogP) is 8.33. The largest absolute Gasteiger partial charge is 0.573 e. The number of carbonyl (C=O) groups is 1. The molecule has 2 atom stereocenters. The summed E-state index contributed by atoms with van der Waals surface area (Å²) in [5, 5.41) is 20.2. The smallest absolute Gasteiger partial charge is 0.406 e. The van der Waals surface area contributed by atoms with Crippen LogP contribution in [-0.4, -0.2) is 65.9 Å². The van der Waals surface area contributed by atoms with E-state index in [0.29, 0.717) is 39.9 Å². The predicted molar refractivity (Wildman–Crippen MR) is 208 cm³/mol. The van der Waals surface area contributed by atoms with Crippen molar-refractivity contribution in [3.63, 3.8) is 0 Å². The first-order valence-electron chi connectivity index (χ1n) is 17.2. The van der Waals surface area contributed by atoms with E-state index >= 15 is 0 Å². The van der Waals surface area contributed by atoms with Crippen molar-refractivity contribution in [1.29, 1.82) is 0 Å². The van der Waals surface area contributed by atoms with E-state index in [0.717, 1.165) is 33.7 Å². The number of halogens is 3. The quantitative estimate of drug-likeness (QED) is 0.116. The van der Waals surface area contributed by atoms with E-state index in [-0.39, 0.29) is 17.6 Å². The lowest BCUT2D eigenvalue weighted by Gasteiger charge is -2.33. The molecule has 0 aliphatic carbocycles. The average molecular weight is 768 g/mol. The Balaban J connectivity index is 1.40. The molecule has 2 N–H and O–H groups in total. The Morgan fingerprint density at radius 1 is 1.09 bits per heavy atom. The van der Waals surface area contributed by atoms with E-state index < -0.39 is 18.3 Å². The second kappa shape index (κ2) is 16.8. The van der Waals surface area contributed by atoms with E-state index in [4.69, 9.17) is 9.98 Å². The number of aromatic nitrogens is 3. The number of amidine groups is 2. The van der Waals surface area contributed by atoms with Crippen molar-refractivity contribution < 1.29 is 27.8 Å². The van der Waals surface area contributed by atoms with Crippen LogP contribution in [0.25, 0.3) is 17.1 Å². The molecule has 2 unspecified atom stereocenters. The highest BCUT2D eigenvalue weighted by Gasteiger charge is 2.42. The van der Waals surface area contributed by atoms with Gasteiger partial charge in [-0.25, -0.2) is 14.7 Å². The summed E-state index contributed by atoms with van der Waals surface area (Å²) in [6.45, 7) is 13.8. The van der Waals surface area contributed by atoms with Crippen LogP contribution >= 0.6 is 23.5 Å². The molecular formula is C38H44F3N7O3S2. The molecule has 1 aliphatic rings. The van der Waals surface area contributed by atoms with E-state index in [2.05, 4.69) is 66.0 Å². The minimum atomic E-state index is -4.77.